The molecule has 1 amide bonds. The van der Waals surface area contributed by atoms with Gasteiger partial charge >= 0.3 is 0 Å². The van der Waals surface area contributed by atoms with E-state index in [-0.39, 0.29) is 24.4 Å². The quantitative estimate of drug-likeness (QED) is 0.636. The lowest BCUT2D eigenvalue weighted by Crippen LogP contribution is -2.23. The van der Waals surface area contributed by atoms with Gasteiger partial charge in [-0.05, 0) is 43.4 Å². The van der Waals surface area contributed by atoms with Crippen LogP contribution in [0.2, 0.25) is 10.0 Å². The number of nitrogens with one attached hydrogen (secondary N) is 1. The maximum atomic E-state index is 12.7. The summed E-state index contributed by atoms with van der Waals surface area (Å²) in [6.07, 6.45) is 5.47. The van der Waals surface area contributed by atoms with E-state index >= 15 is 0 Å². The number of aromatic nitrogens is 2. The number of carbonyl (C=O) groups excluding carboxylic acids is 1. The van der Waals surface area contributed by atoms with Crippen LogP contribution in [0.15, 0.2) is 23.3 Å². The third-order valence-electron chi connectivity index (χ3n) is 4.96. The Balaban J connectivity index is 1.51. The average molecular weight is 447 g/mol. The molecule has 0 atom stereocenters. The number of amides is 1. The van der Waals surface area contributed by atoms with Gasteiger partial charge in [0.2, 0.25) is 5.91 Å². The number of benzene rings is 1. The van der Waals surface area contributed by atoms with Gasteiger partial charge in [-0.15, -0.1) is 11.3 Å². The summed E-state index contributed by atoms with van der Waals surface area (Å²) >= 11 is 13.6. The summed E-state index contributed by atoms with van der Waals surface area (Å²) in [7, 11) is 0. The van der Waals surface area contributed by atoms with Crippen molar-refractivity contribution in [3.63, 3.8) is 0 Å². The first-order valence-electron chi connectivity index (χ1n) is 9.16. The molecule has 0 spiro atoms. The summed E-state index contributed by atoms with van der Waals surface area (Å²) in [5.74, 6) is -0.253. The van der Waals surface area contributed by atoms with E-state index in [0.717, 1.165) is 31.2 Å². The molecule has 2 heterocycles. The van der Waals surface area contributed by atoms with E-state index in [1.165, 1.54) is 39.2 Å². The number of anilines is 1. The van der Waals surface area contributed by atoms with Crippen molar-refractivity contribution in [2.75, 3.05) is 5.32 Å². The third kappa shape index (κ3) is 3.88. The summed E-state index contributed by atoms with van der Waals surface area (Å²) < 4.78 is 1.36. The molecular weight excluding hydrogens is 431 g/mol. The van der Waals surface area contributed by atoms with Crippen molar-refractivity contribution in [3.05, 3.63) is 54.9 Å². The summed E-state index contributed by atoms with van der Waals surface area (Å²) in [6.45, 7) is 0.157. The summed E-state index contributed by atoms with van der Waals surface area (Å²) in [5, 5.41) is 13.9. The lowest BCUT2D eigenvalue weighted by molar-refractivity contribution is -0.116. The van der Waals surface area contributed by atoms with Gasteiger partial charge in [0, 0.05) is 22.9 Å². The molecule has 148 valence electrons. The molecule has 2 aromatic heterocycles. The molecule has 9 heteroatoms. The maximum Gasteiger partial charge on any atom is 0.261 e. The largest absolute Gasteiger partial charge is 0.317 e. The van der Waals surface area contributed by atoms with Gasteiger partial charge < -0.3 is 5.32 Å². The van der Waals surface area contributed by atoms with Crippen LogP contribution in [0.3, 0.4) is 0 Å². The molecule has 0 fully saturated rings. The van der Waals surface area contributed by atoms with Gasteiger partial charge in [0.05, 0.1) is 27.8 Å². The number of fused-ring (bicyclic) bond motifs is 2. The fourth-order valence-corrected chi connectivity index (χ4v) is 5.34. The van der Waals surface area contributed by atoms with Crippen molar-refractivity contribution >= 4 is 56.3 Å². The molecule has 1 aliphatic carbocycles. The molecule has 6 nitrogen and oxygen atoms in total. The average Bonchev–Trinajstić information content (AvgIpc) is 3.04. The van der Waals surface area contributed by atoms with Crippen LogP contribution >= 0.6 is 34.5 Å². The summed E-state index contributed by atoms with van der Waals surface area (Å²) in [4.78, 5) is 30.5. The fraction of sp³-hybridized carbons (Fsp3) is 0.300. The Bertz CT molecular complexity index is 1230. The van der Waals surface area contributed by atoms with E-state index in [9.17, 15) is 14.9 Å². The van der Waals surface area contributed by atoms with Gasteiger partial charge in [0.25, 0.3) is 5.56 Å². The van der Waals surface area contributed by atoms with Gasteiger partial charge in [-0.1, -0.05) is 23.2 Å². The molecule has 1 N–H and O–H groups in total. The minimum atomic E-state index is -0.309. The minimum Gasteiger partial charge on any atom is -0.317 e. The number of hydrogen-bond donors (Lipinski definition) is 1. The summed E-state index contributed by atoms with van der Waals surface area (Å²) in [5.41, 5.74) is 1.72. The second-order valence-electron chi connectivity index (χ2n) is 6.85. The molecule has 4 rings (SSSR count). The Kier molecular flexibility index (Phi) is 5.59. The monoisotopic (exact) mass is 446 g/mol. The van der Waals surface area contributed by atoms with Crippen LogP contribution in [0, 0.1) is 11.3 Å². The van der Waals surface area contributed by atoms with Crippen molar-refractivity contribution in [2.45, 2.75) is 38.6 Å². The van der Waals surface area contributed by atoms with Crippen molar-refractivity contribution in [2.24, 2.45) is 0 Å². The lowest BCUT2D eigenvalue weighted by Gasteiger charge is -2.09. The Hall–Kier alpha value is -2.40. The highest BCUT2D eigenvalue weighted by Gasteiger charge is 2.21. The van der Waals surface area contributed by atoms with E-state index < -0.39 is 0 Å². The zero-order chi connectivity index (χ0) is 20.5. The number of aryl methyl sites for hydroxylation is 2. The van der Waals surface area contributed by atoms with Crippen LogP contribution in [-0.4, -0.2) is 15.5 Å². The van der Waals surface area contributed by atoms with Crippen molar-refractivity contribution in [1.29, 1.82) is 5.26 Å². The van der Waals surface area contributed by atoms with Crippen LogP contribution < -0.4 is 10.9 Å². The Labute approximate surface area is 180 Å². The predicted molar refractivity (Wildman–Crippen MR) is 115 cm³/mol. The Morgan fingerprint density at radius 3 is 2.90 bits per heavy atom. The number of nitrogens with zero attached hydrogens (tertiary/aromatic N) is 3. The van der Waals surface area contributed by atoms with Gasteiger partial charge in [-0.25, -0.2) is 4.98 Å². The minimum absolute atomic E-state index is 0.0782. The van der Waals surface area contributed by atoms with Crippen LogP contribution in [0.5, 0.6) is 0 Å². The Morgan fingerprint density at radius 2 is 2.10 bits per heavy atom. The molecule has 29 heavy (non-hydrogen) atoms. The number of halogens is 2. The second kappa shape index (κ2) is 8.15. The van der Waals surface area contributed by atoms with Gasteiger partial charge in [0.15, 0.2) is 0 Å². The second-order valence-corrected chi connectivity index (χ2v) is 8.80. The number of nitriles is 1. The number of carbonyl (C=O) groups is 1. The molecule has 1 aliphatic rings. The van der Waals surface area contributed by atoms with Crippen molar-refractivity contribution < 1.29 is 4.79 Å². The van der Waals surface area contributed by atoms with Gasteiger partial charge in [-0.3, -0.25) is 14.2 Å². The van der Waals surface area contributed by atoms with Crippen molar-refractivity contribution in [1.82, 2.24) is 9.55 Å². The highest BCUT2D eigenvalue weighted by molar-refractivity contribution is 7.16. The van der Waals surface area contributed by atoms with E-state index in [1.54, 1.807) is 0 Å². The van der Waals surface area contributed by atoms with Gasteiger partial charge in [0.1, 0.15) is 11.1 Å². The van der Waals surface area contributed by atoms with E-state index in [4.69, 9.17) is 23.2 Å². The maximum absolute atomic E-state index is 12.7. The van der Waals surface area contributed by atoms with Gasteiger partial charge in [-0.2, -0.15) is 5.26 Å². The number of thiophene rings is 1. The number of rotatable bonds is 4. The summed E-state index contributed by atoms with van der Waals surface area (Å²) in [6, 6.07) is 5.28. The van der Waals surface area contributed by atoms with Crippen LogP contribution in [0.4, 0.5) is 5.00 Å². The molecule has 0 saturated heterocycles. The van der Waals surface area contributed by atoms with E-state index in [2.05, 4.69) is 16.4 Å². The highest BCUT2D eigenvalue weighted by Crippen LogP contribution is 2.37. The molecule has 0 bridgehead atoms. The predicted octanol–water partition coefficient (Wildman–Crippen LogP) is 4.54. The lowest BCUT2D eigenvalue weighted by atomic mass is 9.96. The first kappa shape index (κ1) is 19.9. The molecule has 0 saturated carbocycles. The molecular formula is C20H16Cl2N4O2S. The Morgan fingerprint density at radius 1 is 1.31 bits per heavy atom. The van der Waals surface area contributed by atoms with Crippen LogP contribution in [0.25, 0.3) is 10.9 Å². The molecule has 0 aliphatic heterocycles. The zero-order valence-electron chi connectivity index (χ0n) is 15.3. The first-order valence-corrected chi connectivity index (χ1v) is 10.7. The molecule has 1 aromatic carbocycles. The molecule has 0 unspecified atom stereocenters. The zero-order valence-corrected chi connectivity index (χ0v) is 17.6. The highest BCUT2D eigenvalue weighted by atomic mass is 35.5. The fourth-order valence-electron chi connectivity index (χ4n) is 3.54. The van der Waals surface area contributed by atoms with Crippen LogP contribution in [0.1, 0.15) is 35.3 Å². The topological polar surface area (TPSA) is 87.8 Å². The van der Waals surface area contributed by atoms with E-state index in [0.29, 0.717) is 31.5 Å². The smallest absolute Gasteiger partial charge is 0.261 e. The third-order valence-corrected chi connectivity index (χ3v) is 6.68. The molecule has 3 aromatic rings. The number of hydrogen-bond acceptors (Lipinski definition) is 5. The normalized spacial score (nSPS) is 13.1. The van der Waals surface area contributed by atoms with E-state index in [1.807, 2.05) is 0 Å². The van der Waals surface area contributed by atoms with Crippen molar-refractivity contribution in [3.8, 4) is 6.07 Å². The SMILES string of the molecule is N#Cc1c(NC(=O)CCn2cnc3c(Cl)cc(Cl)cc3c2=O)sc2c1CCCC2. The molecule has 0 radical (unpaired) electrons. The van der Waals surface area contributed by atoms with Crippen LogP contribution in [-0.2, 0) is 24.2 Å². The standard InChI is InChI=1S/C20H16Cl2N4O2S/c21-11-7-13-18(15(22)8-11)24-10-26(20(13)28)6-5-17(27)25-19-14(9-23)12-3-1-2-4-16(12)29-19/h7-8,10H,1-6H2,(H,25,27). The first-order chi connectivity index (χ1) is 14.0.